The quantitative estimate of drug-likeness (QED) is 0.345. The zero-order chi connectivity index (χ0) is 28.9. The second-order valence-electron chi connectivity index (χ2n) is 9.71. The molecule has 0 radical (unpaired) electrons. The molecule has 2 aromatic heterocycles. The molecule has 1 fully saturated rings. The molecule has 2 aliphatic rings. The number of carbonyl (C=O) groups excluding carboxylic acids is 1. The predicted octanol–water partition coefficient (Wildman–Crippen LogP) is 3.22. The average Bonchev–Trinajstić information content (AvgIpc) is 3.81. The molecule has 4 rings (SSSR count). The van der Waals surface area contributed by atoms with E-state index in [1.165, 1.54) is 18.5 Å². The summed E-state index contributed by atoms with van der Waals surface area (Å²) in [5.41, 5.74) is 3.19. The number of sulfone groups is 1. The SMILES string of the molecule is C=CN=C(N=C1CN=C(NCc2ccc(S(=O)(=O)CC)cn2)C(=O)N1[C@@H](C)CC)c1c(CC)ncnc1C1CC1. The van der Waals surface area contributed by atoms with Crippen LogP contribution in [-0.4, -0.2) is 70.0 Å². The van der Waals surface area contributed by atoms with E-state index in [0.29, 0.717) is 36.1 Å². The summed E-state index contributed by atoms with van der Waals surface area (Å²) in [6.07, 6.45) is 7.91. The van der Waals surface area contributed by atoms with Gasteiger partial charge in [-0.2, -0.15) is 0 Å². The molecule has 0 bridgehead atoms. The first-order chi connectivity index (χ1) is 19.2. The minimum atomic E-state index is -3.33. The number of aliphatic imine (C=N–C) groups is 3. The van der Waals surface area contributed by atoms with Crippen molar-refractivity contribution < 1.29 is 13.2 Å². The molecule has 1 aliphatic carbocycles. The van der Waals surface area contributed by atoms with Gasteiger partial charge in [-0.1, -0.05) is 27.4 Å². The van der Waals surface area contributed by atoms with Gasteiger partial charge in [0, 0.05) is 24.4 Å². The summed E-state index contributed by atoms with van der Waals surface area (Å²) in [5, 5.41) is 3.08. The van der Waals surface area contributed by atoms with Crippen LogP contribution in [-0.2, 0) is 27.6 Å². The highest BCUT2D eigenvalue weighted by Crippen LogP contribution is 2.41. The Balaban J connectivity index is 1.63. The summed E-state index contributed by atoms with van der Waals surface area (Å²) in [7, 11) is -3.33. The van der Waals surface area contributed by atoms with Gasteiger partial charge in [0.2, 0.25) is 0 Å². The molecule has 1 saturated carbocycles. The van der Waals surface area contributed by atoms with Gasteiger partial charge in [0.25, 0.3) is 5.91 Å². The fourth-order valence-electron chi connectivity index (χ4n) is 4.40. The van der Waals surface area contributed by atoms with E-state index in [1.807, 2.05) is 20.8 Å². The summed E-state index contributed by atoms with van der Waals surface area (Å²) in [5.74, 6) is 1.18. The number of rotatable bonds is 10. The van der Waals surface area contributed by atoms with Gasteiger partial charge in [-0.3, -0.25) is 19.7 Å². The fraction of sp³-hybridized carbons (Fsp3) is 0.464. The molecule has 3 heterocycles. The number of pyridine rings is 1. The molecule has 0 aromatic carbocycles. The highest BCUT2D eigenvalue weighted by Gasteiger charge is 2.34. The Hall–Kier alpha value is -3.80. The third-order valence-electron chi connectivity index (χ3n) is 7.01. The third kappa shape index (κ3) is 6.33. The average molecular weight is 565 g/mol. The van der Waals surface area contributed by atoms with E-state index in [1.54, 1.807) is 24.2 Å². The van der Waals surface area contributed by atoms with Crippen LogP contribution in [0.15, 0.2) is 57.3 Å². The van der Waals surface area contributed by atoms with E-state index in [0.717, 1.165) is 29.8 Å². The molecule has 212 valence electrons. The lowest BCUT2D eigenvalue weighted by Gasteiger charge is -2.32. The van der Waals surface area contributed by atoms with Crippen molar-refractivity contribution in [2.45, 2.75) is 76.8 Å². The van der Waals surface area contributed by atoms with Gasteiger partial charge in [-0.05, 0) is 44.7 Å². The van der Waals surface area contributed by atoms with Gasteiger partial charge >= 0.3 is 0 Å². The lowest BCUT2D eigenvalue weighted by atomic mass is 10.0. The van der Waals surface area contributed by atoms with Crippen molar-refractivity contribution in [3.8, 4) is 0 Å². The van der Waals surface area contributed by atoms with E-state index in [2.05, 4.69) is 36.8 Å². The molecule has 12 heteroatoms. The number of nitrogens with zero attached hydrogens (tertiary/aromatic N) is 7. The first kappa shape index (κ1) is 29.2. The Morgan fingerprint density at radius 3 is 2.60 bits per heavy atom. The maximum Gasteiger partial charge on any atom is 0.294 e. The predicted molar refractivity (Wildman–Crippen MR) is 155 cm³/mol. The van der Waals surface area contributed by atoms with Crippen molar-refractivity contribution in [1.29, 1.82) is 0 Å². The number of amides is 1. The molecule has 1 aliphatic heterocycles. The number of amidine groups is 3. The topological polar surface area (TPSA) is 142 Å². The van der Waals surface area contributed by atoms with Crippen LogP contribution in [0.5, 0.6) is 0 Å². The van der Waals surface area contributed by atoms with Crippen LogP contribution in [0.1, 0.15) is 75.5 Å². The van der Waals surface area contributed by atoms with Crippen molar-refractivity contribution >= 4 is 33.3 Å². The highest BCUT2D eigenvalue weighted by atomic mass is 32.2. The van der Waals surface area contributed by atoms with E-state index < -0.39 is 9.84 Å². The monoisotopic (exact) mass is 564 g/mol. The maximum absolute atomic E-state index is 13.6. The summed E-state index contributed by atoms with van der Waals surface area (Å²) < 4.78 is 24.1. The smallest absolute Gasteiger partial charge is 0.294 e. The zero-order valence-corrected chi connectivity index (χ0v) is 24.3. The molecular formula is C28H36N8O3S. The van der Waals surface area contributed by atoms with Gasteiger partial charge in [0.1, 0.15) is 12.2 Å². The van der Waals surface area contributed by atoms with Crippen LogP contribution in [0.25, 0.3) is 0 Å². The van der Waals surface area contributed by atoms with Crippen LogP contribution in [0.4, 0.5) is 0 Å². The van der Waals surface area contributed by atoms with Gasteiger partial charge in [0.05, 0.1) is 46.4 Å². The number of hydrogen-bond acceptors (Lipinski definition) is 9. The summed E-state index contributed by atoms with van der Waals surface area (Å²) in [6, 6.07) is 3.02. The molecule has 1 atom stereocenters. The third-order valence-corrected chi connectivity index (χ3v) is 8.73. The Morgan fingerprint density at radius 1 is 1.23 bits per heavy atom. The number of carbonyl (C=O) groups is 1. The van der Waals surface area contributed by atoms with E-state index >= 15 is 0 Å². The minimum Gasteiger partial charge on any atom is -0.360 e. The lowest BCUT2D eigenvalue weighted by molar-refractivity contribution is -0.122. The van der Waals surface area contributed by atoms with Crippen LogP contribution >= 0.6 is 0 Å². The first-order valence-electron chi connectivity index (χ1n) is 13.6. The number of aryl methyl sites for hydroxylation is 1. The second kappa shape index (κ2) is 12.6. The molecular weight excluding hydrogens is 528 g/mol. The summed E-state index contributed by atoms with van der Waals surface area (Å²) in [4.78, 5) is 42.7. The van der Waals surface area contributed by atoms with Crippen molar-refractivity contribution in [1.82, 2.24) is 25.2 Å². The lowest BCUT2D eigenvalue weighted by Crippen LogP contribution is -2.54. The highest BCUT2D eigenvalue weighted by molar-refractivity contribution is 7.91. The Labute approximate surface area is 235 Å². The number of nitrogens with one attached hydrogen (secondary N) is 1. The standard InChI is InChI=1S/C28H36N8O3S/c1-6-18(5)36-23(35-26(29-8-3)24-22(7-2)33-17-34-25(24)19-10-11-19)16-32-27(28(36)37)31-14-20-12-13-21(15-30-20)40(38,39)9-4/h8,12-13,15,17-19H,3,6-7,9-11,14,16H2,1-2,4-5H3,(H,31,32)/t18-/m0/s1. The van der Waals surface area contributed by atoms with Crippen LogP contribution < -0.4 is 5.32 Å². The molecule has 0 unspecified atom stereocenters. The largest absolute Gasteiger partial charge is 0.360 e. The Bertz CT molecular complexity index is 1460. The zero-order valence-electron chi connectivity index (χ0n) is 23.5. The Morgan fingerprint density at radius 2 is 2.00 bits per heavy atom. The van der Waals surface area contributed by atoms with Gasteiger partial charge in [0.15, 0.2) is 21.5 Å². The number of hydrogen-bond donors (Lipinski definition) is 1. The van der Waals surface area contributed by atoms with E-state index in [4.69, 9.17) is 4.99 Å². The molecule has 0 spiro atoms. The van der Waals surface area contributed by atoms with Crippen molar-refractivity contribution in [2.24, 2.45) is 15.0 Å². The van der Waals surface area contributed by atoms with Crippen molar-refractivity contribution in [3.63, 3.8) is 0 Å². The van der Waals surface area contributed by atoms with Gasteiger partial charge in [-0.25, -0.2) is 28.4 Å². The molecule has 1 amide bonds. The van der Waals surface area contributed by atoms with Crippen molar-refractivity contribution in [3.05, 3.63) is 60.1 Å². The van der Waals surface area contributed by atoms with Crippen LogP contribution in [0.2, 0.25) is 0 Å². The van der Waals surface area contributed by atoms with Crippen LogP contribution in [0, 0.1) is 0 Å². The maximum atomic E-state index is 13.6. The van der Waals surface area contributed by atoms with Crippen LogP contribution in [0.3, 0.4) is 0 Å². The normalized spacial score (nSPS) is 18.1. The van der Waals surface area contributed by atoms with Crippen molar-refractivity contribution in [2.75, 3.05) is 12.3 Å². The first-order valence-corrected chi connectivity index (χ1v) is 15.3. The summed E-state index contributed by atoms with van der Waals surface area (Å²) in [6.45, 7) is 11.8. The summed E-state index contributed by atoms with van der Waals surface area (Å²) >= 11 is 0. The van der Waals surface area contributed by atoms with Gasteiger partial charge < -0.3 is 5.32 Å². The second-order valence-corrected chi connectivity index (χ2v) is 12.0. The molecule has 1 N–H and O–H groups in total. The molecule has 11 nitrogen and oxygen atoms in total. The van der Waals surface area contributed by atoms with Gasteiger partial charge in [-0.15, -0.1) is 0 Å². The van der Waals surface area contributed by atoms with E-state index in [-0.39, 0.29) is 41.5 Å². The fourth-order valence-corrected chi connectivity index (χ4v) is 5.22. The molecule has 40 heavy (non-hydrogen) atoms. The Kier molecular flexibility index (Phi) is 9.18. The molecule has 0 saturated heterocycles. The minimum absolute atomic E-state index is 0.00505. The van der Waals surface area contributed by atoms with E-state index in [9.17, 15) is 13.2 Å². The molecule has 2 aromatic rings. The number of aromatic nitrogens is 3.